The molecule has 0 radical (unpaired) electrons. The number of rotatable bonds is 5. The Bertz CT molecular complexity index is 782. The van der Waals surface area contributed by atoms with Crippen LogP contribution in [0.1, 0.15) is 30.3 Å². The van der Waals surface area contributed by atoms with Gasteiger partial charge in [0.15, 0.2) is 5.69 Å². The lowest BCUT2D eigenvalue weighted by Crippen LogP contribution is -2.43. The first-order chi connectivity index (χ1) is 12.0. The number of benzene rings is 1. The normalized spacial score (nSPS) is 16.4. The topological polar surface area (TPSA) is 115 Å². The molecule has 3 rings (SSSR count). The Balaban J connectivity index is 1.67. The predicted octanol–water partition coefficient (Wildman–Crippen LogP) is 1.29. The standard InChI is InChI=1S/C16H20N6O3/c1-16(5-7-17-8-6-16)11-18-15(23)14-10-21(20-19-14)12-3-2-4-13(9-12)22(24)25/h2-4,9-10,17H,5-8,11H2,1H3,(H,18,23). The number of piperidine rings is 1. The second kappa shape index (κ2) is 6.98. The van der Waals surface area contributed by atoms with Gasteiger partial charge in [-0.3, -0.25) is 14.9 Å². The fraction of sp³-hybridized carbons (Fsp3) is 0.438. The van der Waals surface area contributed by atoms with Gasteiger partial charge in [-0.1, -0.05) is 18.2 Å². The van der Waals surface area contributed by atoms with E-state index >= 15 is 0 Å². The minimum atomic E-state index is -0.478. The van der Waals surface area contributed by atoms with Gasteiger partial charge in [0, 0.05) is 18.7 Å². The lowest BCUT2D eigenvalue weighted by Gasteiger charge is -2.33. The molecule has 0 saturated carbocycles. The van der Waals surface area contributed by atoms with Gasteiger partial charge in [0.1, 0.15) is 0 Å². The minimum Gasteiger partial charge on any atom is -0.350 e. The molecule has 9 nitrogen and oxygen atoms in total. The molecule has 0 aliphatic carbocycles. The molecule has 1 saturated heterocycles. The lowest BCUT2D eigenvalue weighted by atomic mass is 9.81. The Morgan fingerprint density at radius 1 is 1.44 bits per heavy atom. The van der Waals surface area contributed by atoms with Gasteiger partial charge in [-0.25, -0.2) is 4.68 Å². The van der Waals surface area contributed by atoms with Crippen LogP contribution in [-0.4, -0.2) is 45.5 Å². The largest absolute Gasteiger partial charge is 0.350 e. The fourth-order valence-corrected chi connectivity index (χ4v) is 2.83. The van der Waals surface area contributed by atoms with Crippen LogP contribution in [0.5, 0.6) is 0 Å². The van der Waals surface area contributed by atoms with Crippen molar-refractivity contribution in [2.45, 2.75) is 19.8 Å². The van der Waals surface area contributed by atoms with Gasteiger partial charge in [-0.2, -0.15) is 0 Å². The predicted molar refractivity (Wildman–Crippen MR) is 90.6 cm³/mol. The van der Waals surface area contributed by atoms with Gasteiger partial charge in [-0.15, -0.1) is 5.10 Å². The van der Waals surface area contributed by atoms with Crippen molar-refractivity contribution in [3.8, 4) is 5.69 Å². The average Bonchev–Trinajstić information content (AvgIpc) is 3.11. The average molecular weight is 344 g/mol. The van der Waals surface area contributed by atoms with Crippen LogP contribution in [0.3, 0.4) is 0 Å². The van der Waals surface area contributed by atoms with Crippen molar-refractivity contribution in [1.82, 2.24) is 25.6 Å². The van der Waals surface area contributed by atoms with E-state index in [-0.39, 0.29) is 22.7 Å². The van der Waals surface area contributed by atoms with Gasteiger partial charge >= 0.3 is 0 Å². The van der Waals surface area contributed by atoms with Gasteiger partial charge in [0.2, 0.25) is 0 Å². The molecule has 25 heavy (non-hydrogen) atoms. The van der Waals surface area contributed by atoms with Gasteiger partial charge in [0.05, 0.1) is 16.8 Å². The summed E-state index contributed by atoms with van der Waals surface area (Å²) in [5, 5.41) is 24.8. The number of hydrogen-bond acceptors (Lipinski definition) is 6. The first-order valence-corrected chi connectivity index (χ1v) is 8.13. The molecular formula is C16H20N6O3. The smallest absolute Gasteiger partial charge is 0.273 e. The third-order valence-corrected chi connectivity index (χ3v) is 4.52. The number of carbonyl (C=O) groups excluding carboxylic acids is 1. The van der Waals surface area contributed by atoms with E-state index in [0.717, 1.165) is 25.9 Å². The zero-order chi connectivity index (χ0) is 17.9. The maximum atomic E-state index is 12.3. The van der Waals surface area contributed by atoms with Crippen LogP contribution < -0.4 is 10.6 Å². The summed E-state index contributed by atoms with van der Waals surface area (Å²) >= 11 is 0. The Morgan fingerprint density at radius 3 is 2.92 bits per heavy atom. The van der Waals surface area contributed by atoms with E-state index in [0.29, 0.717) is 12.2 Å². The highest BCUT2D eigenvalue weighted by molar-refractivity contribution is 5.91. The zero-order valence-corrected chi connectivity index (χ0v) is 13.9. The molecule has 2 heterocycles. The molecule has 0 spiro atoms. The molecule has 0 atom stereocenters. The lowest BCUT2D eigenvalue weighted by molar-refractivity contribution is -0.384. The first kappa shape index (κ1) is 17.0. The molecule has 1 aromatic heterocycles. The van der Waals surface area contributed by atoms with E-state index in [1.807, 2.05) is 0 Å². The van der Waals surface area contributed by atoms with Crippen molar-refractivity contribution in [2.75, 3.05) is 19.6 Å². The summed E-state index contributed by atoms with van der Waals surface area (Å²) in [6, 6.07) is 6.01. The maximum Gasteiger partial charge on any atom is 0.273 e. The van der Waals surface area contributed by atoms with Crippen LogP contribution in [0, 0.1) is 15.5 Å². The van der Waals surface area contributed by atoms with E-state index in [4.69, 9.17) is 0 Å². The summed E-state index contributed by atoms with van der Waals surface area (Å²) in [4.78, 5) is 22.7. The third-order valence-electron chi connectivity index (χ3n) is 4.52. The monoisotopic (exact) mass is 344 g/mol. The molecule has 0 bridgehead atoms. The molecular weight excluding hydrogens is 324 g/mol. The highest BCUT2D eigenvalue weighted by atomic mass is 16.6. The van der Waals surface area contributed by atoms with E-state index in [2.05, 4.69) is 27.9 Å². The van der Waals surface area contributed by atoms with Crippen LogP contribution >= 0.6 is 0 Å². The Labute approximate surface area is 144 Å². The Kier molecular flexibility index (Phi) is 4.75. The van der Waals surface area contributed by atoms with E-state index < -0.39 is 4.92 Å². The molecule has 132 valence electrons. The summed E-state index contributed by atoms with van der Waals surface area (Å²) in [7, 11) is 0. The second-order valence-electron chi connectivity index (χ2n) is 6.57. The highest BCUT2D eigenvalue weighted by Crippen LogP contribution is 2.26. The summed E-state index contributed by atoms with van der Waals surface area (Å²) in [5.41, 5.74) is 0.699. The molecule has 1 aliphatic rings. The van der Waals surface area contributed by atoms with E-state index in [9.17, 15) is 14.9 Å². The molecule has 0 unspecified atom stereocenters. The van der Waals surface area contributed by atoms with Crippen LogP contribution in [0.4, 0.5) is 5.69 Å². The van der Waals surface area contributed by atoms with Gasteiger partial charge < -0.3 is 10.6 Å². The third kappa shape index (κ3) is 4.00. The number of non-ortho nitro benzene ring substituents is 1. The molecule has 1 fully saturated rings. The maximum absolute atomic E-state index is 12.3. The number of nitro groups is 1. The molecule has 9 heteroatoms. The van der Waals surface area contributed by atoms with E-state index in [1.165, 1.54) is 23.0 Å². The van der Waals surface area contributed by atoms with Crippen molar-refractivity contribution in [2.24, 2.45) is 5.41 Å². The summed E-state index contributed by atoms with van der Waals surface area (Å²) in [6.07, 6.45) is 3.49. The Morgan fingerprint density at radius 2 is 2.20 bits per heavy atom. The number of amides is 1. The number of nitrogens with one attached hydrogen (secondary N) is 2. The molecule has 1 aliphatic heterocycles. The van der Waals surface area contributed by atoms with Crippen molar-refractivity contribution in [3.05, 3.63) is 46.3 Å². The van der Waals surface area contributed by atoms with Crippen LogP contribution in [-0.2, 0) is 0 Å². The number of nitrogens with zero attached hydrogens (tertiary/aromatic N) is 4. The Hall–Kier alpha value is -2.81. The minimum absolute atomic E-state index is 0.0437. The van der Waals surface area contributed by atoms with Crippen molar-refractivity contribution in [1.29, 1.82) is 0 Å². The molecule has 1 aromatic carbocycles. The van der Waals surface area contributed by atoms with Crippen molar-refractivity contribution in [3.63, 3.8) is 0 Å². The van der Waals surface area contributed by atoms with Gasteiger partial charge in [-0.05, 0) is 37.4 Å². The number of carbonyl (C=O) groups is 1. The van der Waals surface area contributed by atoms with Crippen LogP contribution in [0.25, 0.3) is 5.69 Å². The second-order valence-corrected chi connectivity index (χ2v) is 6.57. The summed E-state index contributed by atoms with van der Waals surface area (Å²) in [5.74, 6) is -0.295. The molecule has 2 aromatic rings. The first-order valence-electron chi connectivity index (χ1n) is 8.13. The number of aromatic nitrogens is 3. The SMILES string of the molecule is CC1(CNC(=O)c2cn(-c3cccc([N+](=O)[O-])c3)nn2)CCNCC1. The zero-order valence-electron chi connectivity index (χ0n) is 13.9. The van der Waals surface area contributed by atoms with Gasteiger partial charge in [0.25, 0.3) is 11.6 Å². The fourth-order valence-electron chi connectivity index (χ4n) is 2.83. The van der Waals surface area contributed by atoms with Crippen LogP contribution in [0.2, 0.25) is 0 Å². The van der Waals surface area contributed by atoms with E-state index in [1.54, 1.807) is 12.1 Å². The van der Waals surface area contributed by atoms with Crippen LogP contribution in [0.15, 0.2) is 30.5 Å². The highest BCUT2D eigenvalue weighted by Gasteiger charge is 2.27. The summed E-state index contributed by atoms with van der Waals surface area (Å²) in [6.45, 7) is 4.65. The number of hydrogen-bond donors (Lipinski definition) is 2. The summed E-state index contributed by atoms with van der Waals surface area (Å²) < 4.78 is 1.36. The van der Waals surface area contributed by atoms with Crippen molar-refractivity contribution < 1.29 is 9.72 Å². The number of nitro benzene ring substituents is 1. The molecule has 1 amide bonds. The molecule has 2 N–H and O–H groups in total. The van der Waals surface area contributed by atoms with Crippen molar-refractivity contribution >= 4 is 11.6 Å². The quantitative estimate of drug-likeness (QED) is 0.624.